The number of rotatable bonds is 6. The number of nitrogens with zero attached hydrogens (tertiary/aromatic N) is 4. The van der Waals surface area contributed by atoms with Crippen LogP contribution in [0.1, 0.15) is 27.4 Å². The van der Waals surface area contributed by atoms with Gasteiger partial charge in [-0.05, 0) is 6.07 Å². The highest BCUT2D eigenvalue weighted by Gasteiger charge is 2.19. The highest BCUT2D eigenvalue weighted by molar-refractivity contribution is 6.04. The molecule has 0 radical (unpaired) electrons. The van der Waals surface area contributed by atoms with Crippen molar-refractivity contribution < 1.29 is 14.5 Å². The van der Waals surface area contributed by atoms with E-state index >= 15 is 0 Å². The molecule has 0 aliphatic heterocycles. The van der Waals surface area contributed by atoms with Crippen LogP contribution in [0, 0.1) is 21.4 Å². The molecular formula is C15H16N6O4. The fourth-order valence-corrected chi connectivity index (χ4v) is 2.25. The van der Waals surface area contributed by atoms with Crippen LogP contribution in [-0.2, 0) is 14.1 Å². The number of nitro groups is 1. The minimum Gasteiger partial charge on any atom is -0.350 e. The molecular weight excluding hydrogens is 328 g/mol. The van der Waals surface area contributed by atoms with E-state index in [2.05, 4.69) is 10.6 Å². The molecule has 0 unspecified atom stereocenters. The molecule has 0 aliphatic carbocycles. The first kappa shape index (κ1) is 17.7. The Balaban J connectivity index is 2.12. The van der Waals surface area contributed by atoms with Gasteiger partial charge < -0.3 is 19.8 Å². The second kappa shape index (κ2) is 7.31. The maximum Gasteiger partial charge on any atom is 0.287 e. The standard InChI is InChI=1S/C15H16N6O4/c1-19-8-10(6-12(19)14(22)17-5-3-4-16)18-15(23)13-7-11(21(24)25)9-20(13)2/h6-9H,3,5H2,1-2H3,(H,17,22)(H,18,23). The summed E-state index contributed by atoms with van der Waals surface area (Å²) in [7, 11) is 3.17. The van der Waals surface area contributed by atoms with Gasteiger partial charge in [-0.1, -0.05) is 0 Å². The zero-order valence-corrected chi connectivity index (χ0v) is 13.6. The van der Waals surface area contributed by atoms with Crippen molar-refractivity contribution in [3.63, 3.8) is 0 Å². The largest absolute Gasteiger partial charge is 0.350 e. The lowest BCUT2D eigenvalue weighted by Crippen LogP contribution is -2.25. The third-order valence-corrected chi connectivity index (χ3v) is 3.45. The summed E-state index contributed by atoms with van der Waals surface area (Å²) in [5, 5.41) is 24.4. The number of carbonyl (C=O) groups is 2. The van der Waals surface area contributed by atoms with Gasteiger partial charge in [0.15, 0.2) is 0 Å². The van der Waals surface area contributed by atoms with E-state index < -0.39 is 10.8 Å². The van der Waals surface area contributed by atoms with Crippen LogP contribution in [0.5, 0.6) is 0 Å². The fourth-order valence-electron chi connectivity index (χ4n) is 2.25. The molecule has 25 heavy (non-hydrogen) atoms. The summed E-state index contributed by atoms with van der Waals surface area (Å²) in [4.78, 5) is 34.5. The summed E-state index contributed by atoms with van der Waals surface area (Å²) in [6.07, 6.45) is 2.99. The van der Waals surface area contributed by atoms with Crippen molar-refractivity contribution in [2.24, 2.45) is 14.1 Å². The second-order valence-corrected chi connectivity index (χ2v) is 5.29. The monoisotopic (exact) mass is 344 g/mol. The van der Waals surface area contributed by atoms with E-state index in [-0.39, 0.29) is 30.3 Å². The predicted octanol–water partition coefficient (Wildman–Crippen LogP) is 1.17. The third kappa shape index (κ3) is 4.03. The smallest absolute Gasteiger partial charge is 0.287 e. The number of aromatic nitrogens is 2. The van der Waals surface area contributed by atoms with Crippen LogP contribution in [0.2, 0.25) is 0 Å². The molecule has 2 heterocycles. The Morgan fingerprint density at radius 1 is 1.20 bits per heavy atom. The molecule has 0 fully saturated rings. The molecule has 2 N–H and O–H groups in total. The number of nitrogens with one attached hydrogen (secondary N) is 2. The molecule has 0 atom stereocenters. The molecule has 2 rings (SSSR count). The second-order valence-electron chi connectivity index (χ2n) is 5.29. The van der Waals surface area contributed by atoms with Crippen LogP contribution in [-0.4, -0.2) is 32.4 Å². The first-order chi connectivity index (χ1) is 11.8. The van der Waals surface area contributed by atoms with Gasteiger partial charge in [0.05, 0.1) is 29.3 Å². The maximum atomic E-state index is 12.3. The van der Waals surface area contributed by atoms with E-state index in [4.69, 9.17) is 5.26 Å². The molecule has 0 saturated heterocycles. The van der Waals surface area contributed by atoms with Crippen LogP contribution in [0.3, 0.4) is 0 Å². The van der Waals surface area contributed by atoms with Gasteiger partial charge in [0.2, 0.25) is 0 Å². The lowest BCUT2D eigenvalue weighted by Gasteiger charge is -2.03. The predicted molar refractivity (Wildman–Crippen MR) is 88.0 cm³/mol. The quantitative estimate of drug-likeness (QED) is 0.460. The minimum atomic E-state index is -0.580. The van der Waals surface area contributed by atoms with Gasteiger partial charge in [-0.15, -0.1) is 0 Å². The summed E-state index contributed by atoms with van der Waals surface area (Å²) in [6, 6.07) is 4.58. The zero-order chi connectivity index (χ0) is 18.6. The van der Waals surface area contributed by atoms with E-state index in [1.807, 2.05) is 6.07 Å². The molecule has 2 amide bonds. The van der Waals surface area contributed by atoms with Crippen molar-refractivity contribution in [2.75, 3.05) is 11.9 Å². The molecule has 2 aromatic heterocycles. The number of hydrogen-bond acceptors (Lipinski definition) is 5. The summed E-state index contributed by atoms with van der Waals surface area (Å²) in [5.74, 6) is -0.898. The molecule has 0 spiro atoms. The van der Waals surface area contributed by atoms with Gasteiger partial charge >= 0.3 is 0 Å². The number of hydrogen-bond donors (Lipinski definition) is 2. The summed E-state index contributed by atoms with van der Waals surface area (Å²) in [6.45, 7) is 0.231. The van der Waals surface area contributed by atoms with E-state index in [1.165, 1.54) is 34.5 Å². The topological polar surface area (TPSA) is 135 Å². The third-order valence-electron chi connectivity index (χ3n) is 3.45. The van der Waals surface area contributed by atoms with E-state index in [0.717, 1.165) is 0 Å². The summed E-state index contributed by atoms with van der Waals surface area (Å²) in [5.41, 5.74) is 0.627. The van der Waals surface area contributed by atoms with Gasteiger partial charge in [-0.3, -0.25) is 19.7 Å². The number of nitriles is 1. The SMILES string of the molecule is Cn1cc(NC(=O)c2cc([N+](=O)[O-])cn2C)cc1C(=O)NCCC#N. The lowest BCUT2D eigenvalue weighted by molar-refractivity contribution is -0.384. The van der Waals surface area contributed by atoms with Gasteiger partial charge in [0, 0.05) is 32.9 Å². The Morgan fingerprint density at radius 2 is 1.84 bits per heavy atom. The van der Waals surface area contributed by atoms with Crippen LogP contribution in [0.15, 0.2) is 24.5 Å². The van der Waals surface area contributed by atoms with Crippen molar-refractivity contribution >= 4 is 23.2 Å². The first-order valence-corrected chi connectivity index (χ1v) is 7.27. The zero-order valence-electron chi connectivity index (χ0n) is 13.6. The molecule has 0 aliphatic rings. The van der Waals surface area contributed by atoms with Crippen LogP contribution in [0.4, 0.5) is 11.4 Å². The number of aryl methyl sites for hydroxylation is 2. The molecule has 0 saturated carbocycles. The summed E-state index contributed by atoms with van der Waals surface area (Å²) >= 11 is 0. The average Bonchev–Trinajstić information content (AvgIpc) is 3.10. The molecule has 2 aromatic rings. The Morgan fingerprint density at radius 3 is 2.44 bits per heavy atom. The normalized spacial score (nSPS) is 10.1. The summed E-state index contributed by atoms with van der Waals surface area (Å²) < 4.78 is 2.89. The van der Waals surface area contributed by atoms with Gasteiger partial charge in [0.1, 0.15) is 11.4 Å². The van der Waals surface area contributed by atoms with Crippen molar-refractivity contribution in [3.05, 3.63) is 46.0 Å². The van der Waals surface area contributed by atoms with Crippen molar-refractivity contribution in [2.45, 2.75) is 6.42 Å². The molecule has 0 aromatic carbocycles. The van der Waals surface area contributed by atoms with Crippen molar-refractivity contribution in [1.29, 1.82) is 5.26 Å². The highest BCUT2D eigenvalue weighted by atomic mass is 16.6. The number of carbonyl (C=O) groups excluding carboxylic acids is 2. The minimum absolute atomic E-state index is 0.121. The van der Waals surface area contributed by atoms with Gasteiger partial charge in [-0.25, -0.2) is 0 Å². The first-order valence-electron chi connectivity index (χ1n) is 7.27. The van der Waals surface area contributed by atoms with Crippen LogP contribution >= 0.6 is 0 Å². The molecule has 130 valence electrons. The van der Waals surface area contributed by atoms with Crippen molar-refractivity contribution in [1.82, 2.24) is 14.5 Å². The lowest BCUT2D eigenvalue weighted by atomic mass is 10.3. The van der Waals surface area contributed by atoms with Crippen LogP contribution < -0.4 is 10.6 Å². The Labute approximate surface area is 142 Å². The molecule has 0 bridgehead atoms. The Kier molecular flexibility index (Phi) is 5.18. The van der Waals surface area contributed by atoms with Gasteiger partial charge in [0.25, 0.3) is 17.5 Å². The van der Waals surface area contributed by atoms with Crippen molar-refractivity contribution in [3.8, 4) is 6.07 Å². The average molecular weight is 344 g/mol. The van der Waals surface area contributed by atoms with E-state index in [1.54, 1.807) is 13.2 Å². The Hall–Kier alpha value is -3.61. The fraction of sp³-hybridized carbons (Fsp3) is 0.267. The Bertz CT molecular complexity index is 873. The number of amides is 2. The molecule has 10 heteroatoms. The molecule has 10 nitrogen and oxygen atoms in total. The maximum absolute atomic E-state index is 12.3. The highest BCUT2D eigenvalue weighted by Crippen LogP contribution is 2.18. The number of anilines is 1. The van der Waals surface area contributed by atoms with Gasteiger partial charge in [-0.2, -0.15) is 5.26 Å². The van der Waals surface area contributed by atoms with E-state index in [9.17, 15) is 19.7 Å². The van der Waals surface area contributed by atoms with E-state index in [0.29, 0.717) is 11.4 Å². The van der Waals surface area contributed by atoms with Crippen LogP contribution in [0.25, 0.3) is 0 Å².